The molecule has 4 nitrogen and oxygen atoms in total. The number of carboxylic acids is 1. The van der Waals surface area contributed by atoms with Crippen molar-refractivity contribution in [2.45, 2.75) is 32.7 Å². The number of carbonyl (C=O) groups is 2. The smallest absolute Gasteiger partial charge is 0.308 e. The number of rotatable bonds is 3. The molecule has 1 aliphatic heterocycles. The summed E-state index contributed by atoms with van der Waals surface area (Å²) in [5.74, 6) is -1.39. The molecule has 1 saturated heterocycles. The maximum atomic E-state index is 11.4. The summed E-state index contributed by atoms with van der Waals surface area (Å²) in [6, 6.07) is 0.164. The third kappa shape index (κ3) is 2.64. The average Bonchev–Trinajstić information content (AvgIpc) is 2.46. The van der Waals surface area contributed by atoms with Crippen LogP contribution in [0.5, 0.6) is 0 Å². The van der Waals surface area contributed by atoms with E-state index in [1.165, 1.54) is 0 Å². The predicted molar refractivity (Wildman–Crippen MR) is 57.6 cm³/mol. The van der Waals surface area contributed by atoms with Gasteiger partial charge in [-0.15, -0.1) is 0 Å². The topological polar surface area (TPSA) is 57.6 Å². The lowest BCUT2D eigenvalue weighted by atomic mass is 10.1. The van der Waals surface area contributed by atoms with Crippen LogP contribution in [0, 0.1) is 5.92 Å². The first-order chi connectivity index (χ1) is 6.06. The molecule has 1 heterocycles. The van der Waals surface area contributed by atoms with Gasteiger partial charge in [0.2, 0.25) is 5.91 Å². The molecule has 1 fully saturated rings. The molecule has 0 saturated carbocycles. The third-order valence-corrected chi connectivity index (χ3v) is 2.63. The Morgan fingerprint density at radius 3 is 2.64 bits per heavy atom. The molecule has 82 valence electrons. The van der Waals surface area contributed by atoms with Crippen LogP contribution in [0.15, 0.2) is 0 Å². The van der Waals surface area contributed by atoms with Crippen LogP contribution in [0.25, 0.3) is 0 Å². The van der Waals surface area contributed by atoms with Gasteiger partial charge in [0.15, 0.2) is 0 Å². The quantitative estimate of drug-likeness (QED) is 0.765. The van der Waals surface area contributed by atoms with E-state index in [4.69, 9.17) is 5.11 Å². The molecule has 1 unspecified atom stereocenters. The molecule has 5 heteroatoms. The molecule has 1 amide bonds. The molecule has 0 bridgehead atoms. The van der Waals surface area contributed by atoms with Crippen molar-refractivity contribution < 1.29 is 14.7 Å². The van der Waals surface area contributed by atoms with Gasteiger partial charge in [-0.25, -0.2) is 0 Å². The Labute approximate surface area is 90.7 Å². The van der Waals surface area contributed by atoms with Gasteiger partial charge in [0.1, 0.15) is 0 Å². The zero-order valence-corrected chi connectivity index (χ0v) is 9.49. The van der Waals surface area contributed by atoms with Crippen molar-refractivity contribution in [3.05, 3.63) is 0 Å². The maximum absolute atomic E-state index is 11.4. The van der Waals surface area contributed by atoms with Crippen LogP contribution in [0.3, 0.4) is 0 Å². The van der Waals surface area contributed by atoms with E-state index in [9.17, 15) is 9.59 Å². The van der Waals surface area contributed by atoms with Crippen molar-refractivity contribution in [3.63, 3.8) is 0 Å². The van der Waals surface area contributed by atoms with Crippen LogP contribution in [0.2, 0.25) is 0 Å². The maximum Gasteiger partial charge on any atom is 0.308 e. The minimum absolute atomic E-state index is 0. The summed E-state index contributed by atoms with van der Waals surface area (Å²) in [6.07, 6.45) is 1.04. The second-order valence-corrected chi connectivity index (χ2v) is 3.54. The Hall–Kier alpha value is -0.710. The lowest BCUT2D eigenvalue weighted by molar-refractivity contribution is -0.141. The minimum atomic E-state index is -0.862. The molecular formula is C9H17NO3S. The van der Waals surface area contributed by atoms with Crippen molar-refractivity contribution in [1.82, 2.24) is 4.90 Å². The fourth-order valence-corrected chi connectivity index (χ4v) is 1.54. The van der Waals surface area contributed by atoms with Gasteiger partial charge in [0.05, 0.1) is 5.92 Å². The molecule has 0 aliphatic carbocycles. The highest BCUT2D eigenvalue weighted by Crippen LogP contribution is 2.21. The van der Waals surface area contributed by atoms with E-state index in [0.29, 0.717) is 6.54 Å². The second kappa shape index (κ2) is 5.24. The van der Waals surface area contributed by atoms with Crippen molar-refractivity contribution in [3.8, 4) is 0 Å². The summed E-state index contributed by atoms with van der Waals surface area (Å²) in [5, 5.41) is 8.72. The summed E-state index contributed by atoms with van der Waals surface area (Å²) >= 11 is 0. The van der Waals surface area contributed by atoms with Gasteiger partial charge in [0.25, 0.3) is 0 Å². The Morgan fingerprint density at radius 1 is 1.71 bits per heavy atom. The fourth-order valence-electron chi connectivity index (χ4n) is 1.54. The second-order valence-electron chi connectivity index (χ2n) is 3.54. The predicted octanol–water partition coefficient (Wildman–Crippen LogP) is 0.831. The Morgan fingerprint density at radius 2 is 2.29 bits per heavy atom. The number of nitrogens with zero attached hydrogens (tertiary/aromatic N) is 1. The molecule has 0 aromatic rings. The van der Waals surface area contributed by atoms with Gasteiger partial charge < -0.3 is 10.0 Å². The number of likely N-dealkylation sites (tertiary alicyclic amines) is 1. The summed E-state index contributed by atoms with van der Waals surface area (Å²) in [6.45, 7) is 4.32. The summed E-state index contributed by atoms with van der Waals surface area (Å²) < 4.78 is 0. The number of aliphatic carboxylic acids is 1. The molecule has 0 spiro atoms. The van der Waals surface area contributed by atoms with Crippen LogP contribution in [0.1, 0.15) is 26.7 Å². The molecule has 1 rings (SSSR count). The first-order valence-corrected chi connectivity index (χ1v) is 4.58. The highest BCUT2D eigenvalue weighted by atomic mass is 32.1. The largest absolute Gasteiger partial charge is 0.481 e. The van der Waals surface area contributed by atoms with Gasteiger partial charge in [0, 0.05) is 19.0 Å². The molecule has 2 atom stereocenters. The summed E-state index contributed by atoms with van der Waals surface area (Å²) in [5.41, 5.74) is 0. The minimum Gasteiger partial charge on any atom is -0.481 e. The lowest BCUT2D eigenvalue weighted by Crippen LogP contribution is -2.34. The van der Waals surface area contributed by atoms with Gasteiger partial charge in [-0.3, -0.25) is 9.59 Å². The monoisotopic (exact) mass is 219 g/mol. The zero-order valence-electron chi connectivity index (χ0n) is 8.49. The SMILES string of the molecule is CC[C@H](C)N1CC(C(=O)O)CC1=O.S. The average molecular weight is 219 g/mol. The first kappa shape index (κ1) is 13.3. The number of amides is 1. The van der Waals surface area contributed by atoms with Crippen LogP contribution < -0.4 is 0 Å². The molecule has 0 aromatic carbocycles. The first-order valence-electron chi connectivity index (χ1n) is 4.58. The lowest BCUT2D eigenvalue weighted by Gasteiger charge is -2.22. The Bertz CT molecular complexity index is 232. The van der Waals surface area contributed by atoms with Crippen LogP contribution in [-0.2, 0) is 9.59 Å². The molecular weight excluding hydrogens is 202 g/mol. The van der Waals surface area contributed by atoms with E-state index >= 15 is 0 Å². The van der Waals surface area contributed by atoms with E-state index in [-0.39, 0.29) is 31.9 Å². The normalized spacial score (nSPS) is 23.1. The molecule has 1 aliphatic rings. The Kier molecular flexibility index (Phi) is 4.97. The highest BCUT2D eigenvalue weighted by molar-refractivity contribution is 7.59. The van der Waals surface area contributed by atoms with E-state index in [0.717, 1.165) is 6.42 Å². The summed E-state index contributed by atoms with van der Waals surface area (Å²) in [4.78, 5) is 23.6. The van der Waals surface area contributed by atoms with Gasteiger partial charge in [-0.1, -0.05) is 6.92 Å². The Balaban J connectivity index is 0.00000169. The van der Waals surface area contributed by atoms with E-state index in [1.807, 2.05) is 13.8 Å². The number of carboxylic acid groups (broad SMARTS) is 1. The number of carbonyl (C=O) groups excluding carboxylic acids is 1. The summed E-state index contributed by atoms with van der Waals surface area (Å²) in [7, 11) is 0. The van der Waals surface area contributed by atoms with Gasteiger partial charge in [-0.05, 0) is 13.3 Å². The van der Waals surface area contributed by atoms with Gasteiger partial charge in [-0.2, -0.15) is 13.5 Å². The van der Waals surface area contributed by atoms with Crippen molar-refractivity contribution >= 4 is 25.4 Å². The van der Waals surface area contributed by atoms with E-state index in [1.54, 1.807) is 4.90 Å². The van der Waals surface area contributed by atoms with Crippen molar-refractivity contribution in [2.75, 3.05) is 6.54 Å². The third-order valence-electron chi connectivity index (χ3n) is 2.63. The fraction of sp³-hybridized carbons (Fsp3) is 0.778. The van der Waals surface area contributed by atoms with Crippen LogP contribution in [-0.4, -0.2) is 34.5 Å². The zero-order chi connectivity index (χ0) is 10.0. The van der Waals surface area contributed by atoms with E-state index in [2.05, 4.69) is 0 Å². The molecule has 1 N–H and O–H groups in total. The van der Waals surface area contributed by atoms with E-state index < -0.39 is 11.9 Å². The number of hydrogen-bond acceptors (Lipinski definition) is 2. The van der Waals surface area contributed by atoms with Crippen molar-refractivity contribution in [1.29, 1.82) is 0 Å². The van der Waals surface area contributed by atoms with Crippen LogP contribution in [0.4, 0.5) is 0 Å². The highest BCUT2D eigenvalue weighted by Gasteiger charge is 2.35. The number of hydrogen-bond donors (Lipinski definition) is 1. The standard InChI is InChI=1S/C9H15NO3.H2S/c1-3-6(2)10-5-7(9(12)13)4-8(10)11;/h6-7H,3-5H2,1-2H3,(H,12,13);1H2/t6-,7?;/m0./s1. The molecule has 14 heavy (non-hydrogen) atoms. The molecule has 0 aromatic heterocycles. The van der Waals surface area contributed by atoms with Gasteiger partial charge >= 0.3 is 5.97 Å². The molecule has 0 radical (unpaired) electrons. The van der Waals surface area contributed by atoms with Crippen molar-refractivity contribution in [2.24, 2.45) is 5.92 Å². The van der Waals surface area contributed by atoms with Crippen LogP contribution >= 0.6 is 13.5 Å².